The summed E-state index contributed by atoms with van der Waals surface area (Å²) in [6.07, 6.45) is 25.7. The van der Waals surface area contributed by atoms with Crippen molar-refractivity contribution in [2.24, 2.45) is 0 Å². The lowest BCUT2D eigenvalue weighted by molar-refractivity contribution is -0.148. The Bertz CT molecular complexity index is 515. The van der Waals surface area contributed by atoms with Crippen LogP contribution in [0.3, 0.4) is 0 Å². The minimum Gasteiger partial charge on any atom is -0.481 e. The highest BCUT2D eigenvalue weighted by Gasteiger charge is 2.09. The third-order valence-electron chi connectivity index (χ3n) is 4.05. The van der Waals surface area contributed by atoms with Crippen LogP contribution in [0.15, 0.2) is 48.6 Å². The van der Waals surface area contributed by atoms with E-state index in [2.05, 4.69) is 55.5 Å². The molecule has 1 N–H and O–H groups in total. The molecule has 1 atom stereocenters. The number of hydrogen-bond acceptors (Lipinski definition) is 3. The van der Waals surface area contributed by atoms with Gasteiger partial charge in [0.2, 0.25) is 0 Å². The number of ether oxygens (including phenoxy) is 1. The average Bonchev–Trinajstić information content (AvgIpc) is 2.64. The lowest BCUT2D eigenvalue weighted by Crippen LogP contribution is -2.15. The summed E-state index contributed by atoms with van der Waals surface area (Å²) in [5.74, 6) is -0.998. The Balaban J connectivity index is 3.56. The molecule has 0 amide bonds. The van der Waals surface area contributed by atoms with Gasteiger partial charge in [-0.3, -0.25) is 9.59 Å². The van der Waals surface area contributed by atoms with Crippen LogP contribution in [0.2, 0.25) is 0 Å². The fraction of sp³-hybridized carbons (Fsp3) is 0.583. The summed E-state index contributed by atoms with van der Waals surface area (Å²) in [6.45, 7) is 3.95. The van der Waals surface area contributed by atoms with E-state index in [4.69, 9.17) is 9.84 Å². The quantitative estimate of drug-likeness (QED) is 0.174. The van der Waals surface area contributed by atoms with Gasteiger partial charge in [-0.2, -0.15) is 0 Å². The lowest BCUT2D eigenvalue weighted by atomic mass is 10.1. The molecule has 4 heteroatoms. The van der Waals surface area contributed by atoms with E-state index in [9.17, 15) is 9.59 Å². The first-order chi connectivity index (χ1) is 13.6. The molecule has 0 radical (unpaired) electrons. The highest BCUT2D eigenvalue weighted by Crippen LogP contribution is 2.08. The van der Waals surface area contributed by atoms with Gasteiger partial charge in [-0.15, -0.1) is 0 Å². The Labute approximate surface area is 171 Å². The number of allylic oxidation sites excluding steroid dienone is 8. The molecule has 0 heterocycles. The SMILES string of the molecule is CC/C=C\C/C=C\C/C=C\C/C=C\CCCCC(=O)OC(C)CCCC(=O)O. The summed E-state index contributed by atoms with van der Waals surface area (Å²) in [5, 5.41) is 8.59. The van der Waals surface area contributed by atoms with Gasteiger partial charge in [0.25, 0.3) is 0 Å². The molecule has 0 aromatic rings. The number of esters is 1. The second-order valence-electron chi connectivity index (χ2n) is 6.83. The van der Waals surface area contributed by atoms with E-state index in [1.165, 1.54) is 0 Å². The van der Waals surface area contributed by atoms with Crippen LogP contribution in [-0.4, -0.2) is 23.1 Å². The van der Waals surface area contributed by atoms with Gasteiger partial charge in [0, 0.05) is 12.8 Å². The van der Waals surface area contributed by atoms with E-state index in [-0.39, 0.29) is 18.5 Å². The molecule has 0 saturated carbocycles. The first-order valence-electron chi connectivity index (χ1n) is 10.6. The molecule has 0 aromatic carbocycles. The molecule has 28 heavy (non-hydrogen) atoms. The first-order valence-corrected chi connectivity index (χ1v) is 10.6. The molecular weight excluding hydrogens is 352 g/mol. The number of unbranched alkanes of at least 4 members (excludes halogenated alkanes) is 2. The number of carbonyl (C=O) groups excluding carboxylic acids is 1. The summed E-state index contributed by atoms with van der Waals surface area (Å²) >= 11 is 0. The largest absolute Gasteiger partial charge is 0.481 e. The van der Waals surface area contributed by atoms with Crippen molar-refractivity contribution in [3.63, 3.8) is 0 Å². The number of carboxylic acids is 1. The van der Waals surface area contributed by atoms with Crippen molar-refractivity contribution < 1.29 is 19.4 Å². The van der Waals surface area contributed by atoms with Crippen molar-refractivity contribution >= 4 is 11.9 Å². The van der Waals surface area contributed by atoms with E-state index in [0.29, 0.717) is 19.3 Å². The van der Waals surface area contributed by atoms with Gasteiger partial charge in [-0.25, -0.2) is 0 Å². The van der Waals surface area contributed by atoms with Gasteiger partial charge < -0.3 is 9.84 Å². The fourth-order valence-corrected chi connectivity index (χ4v) is 2.51. The normalized spacial score (nSPS) is 13.2. The van der Waals surface area contributed by atoms with Crippen LogP contribution in [0.25, 0.3) is 0 Å². The van der Waals surface area contributed by atoms with Crippen LogP contribution < -0.4 is 0 Å². The van der Waals surface area contributed by atoms with Crippen LogP contribution in [0, 0.1) is 0 Å². The van der Waals surface area contributed by atoms with Crippen LogP contribution in [0.1, 0.15) is 84.5 Å². The fourth-order valence-electron chi connectivity index (χ4n) is 2.51. The van der Waals surface area contributed by atoms with Crippen molar-refractivity contribution in [1.29, 1.82) is 0 Å². The van der Waals surface area contributed by atoms with Crippen LogP contribution in [0.5, 0.6) is 0 Å². The zero-order chi connectivity index (χ0) is 20.9. The average molecular weight is 391 g/mol. The van der Waals surface area contributed by atoms with Gasteiger partial charge in [0.1, 0.15) is 0 Å². The molecule has 0 aliphatic heterocycles. The van der Waals surface area contributed by atoms with E-state index in [1.807, 2.05) is 6.92 Å². The van der Waals surface area contributed by atoms with Crippen LogP contribution in [-0.2, 0) is 14.3 Å². The molecule has 1 unspecified atom stereocenters. The lowest BCUT2D eigenvalue weighted by Gasteiger charge is -2.12. The van der Waals surface area contributed by atoms with E-state index < -0.39 is 5.97 Å². The molecule has 0 saturated heterocycles. The van der Waals surface area contributed by atoms with Crippen molar-refractivity contribution in [2.75, 3.05) is 0 Å². The smallest absolute Gasteiger partial charge is 0.306 e. The molecule has 0 aromatic heterocycles. The van der Waals surface area contributed by atoms with Crippen molar-refractivity contribution in [2.45, 2.75) is 90.6 Å². The van der Waals surface area contributed by atoms with Crippen LogP contribution >= 0.6 is 0 Å². The Morgan fingerprint density at radius 3 is 1.96 bits per heavy atom. The summed E-state index contributed by atoms with van der Waals surface area (Å²) in [5.41, 5.74) is 0. The molecule has 0 rings (SSSR count). The predicted molar refractivity (Wildman–Crippen MR) is 116 cm³/mol. The molecule has 0 fully saturated rings. The number of carbonyl (C=O) groups is 2. The maximum Gasteiger partial charge on any atom is 0.306 e. The van der Waals surface area contributed by atoms with E-state index in [0.717, 1.165) is 44.9 Å². The molecule has 0 aliphatic rings. The highest BCUT2D eigenvalue weighted by atomic mass is 16.5. The minimum absolute atomic E-state index is 0.122. The van der Waals surface area contributed by atoms with Crippen molar-refractivity contribution in [1.82, 2.24) is 0 Å². The van der Waals surface area contributed by atoms with Gasteiger partial charge in [-0.1, -0.05) is 55.5 Å². The molecule has 0 aliphatic carbocycles. The number of rotatable bonds is 17. The third-order valence-corrected chi connectivity index (χ3v) is 4.05. The summed E-state index contributed by atoms with van der Waals surface area (Å²) < 4.78 is 5.28. The minimum atomic E-state index is -0.811. The molecule has 0 bridgehead atoms. The maximum atomic E-state index is 11.7. The summed E-state index contributed by atoms with van der Waals surface area (Å²) in [4.78, 5) is 22.2. The third kappa shape index (κ3) is 20.2. The van der Waals surface area contributed by atoms with Gasteiger partial charge >= 0.3 is 11.9 Å². The standard InChI is InChI=1S/C24H38O4/c1-3-4-5-6-7-8-9-10-11-12-13-14-15-16-17-21-24(27)28-22(2)19-18-20-23(25)26/h4-5,7-8,10-11,13-14,22H,3,6,9,12,15-21H2,1-2H3,(H,25,26)/b5-4-,8-7-,11-10-,14-13-. The first kappa shape index (κ1) is 25.9. The monoisotopic (exact) mass is 390 g/mol. The van der Waals surface area contributed by atoms with Gasteiger partial charge in [0.05, 0.1) is 6.10 Å². The van der Waals surface area contributed by atoms with E-state index in [1.54, 1.807) is 0 Å². The van der Waals surface area contributed by atoms with Gasteiger partial charge in [0.15, 0.2) is 0 Å². The number of carboxylic acid groups (broad SMARTS) is 1. The van der Waals surface area contributed by atoms with Crippen molar-refractivity contribution in [3.05, 3.63) is 48.6 Å². The molecular formula is C24H38O4. The molecule has 4 nitrogen and oxygen atoms in total. The van der Waals surface area contributed by atoms with Gasteiger partial charge in [-0.05, 0) is 64.7 Å². The Morgan fingerprint density at radius 2 is 1.39 bits per heavy atom. The Hall–Kier alpha value is -2.10. The van der Waals surface area contributed by atoms with E-state index >= 15 is 0 Å². The summed E-state index contributed by atoms with van der Waals surface area (Å²) in [6, 6.07) is 0. The summed E-state index contributed by atoms with van der Waals surface area (Å²) in [7, 11) is 0. The topological polar surface area (TPSA) is 63.6 Å². The maximum absolute atomic E-state index is 11.7. The Kier molecular flexibility index (Phi) is 18.2. The molecule has 0 spiro atoms. The second-order valence-corrected chi connectivity index (χ2v) is 6.83. The second kappa shape index (κ2) is 19.7. The zero-order valence-electron chi connectivity index (χ0n) is 17.6. The Morgan fingerprint density at radius 1 is 0.821 bits per heavy atom. The highest BCUT2D eigenvalue weighted by molar-refractivity contribution is 5.69. The predicted octanol–water partition coefficient (Wildman–Crippen LogP) is 6.54. The zero-order valence-corrected chi connectivity index (χ0v) is 17.6. The van der Waals surface area contributed by atoms with Crippen molar-refractivity contribution in [3.8, 4) is 0 Å². The molecule has 158 valence electrons. The van der Waals surface area contributed by atoms with Crippen LogP contribution in [0.4, 0.5) is 0 Å². The number of hydrogen-bond donors (Lipinski definition) is 1. The number of aliphatic carboxylic acids is 1.